The Hall–Kier alpha value is -2.80. The van der Waals surface area contributed by atoms with Crippen LogP contribution in [0.25, 0.3) is 0 Å². The van der Waals surface area contributed by atoms with E-state index in [1.807, 2.05) is 19.1 Å². The van der Waals surface area contributed by atoms with Crippen molar-refractivity contribution in [1.29, 1.82) is 0 Å². The number of amides is 3. The Kier molecular flexibility index (Phi) is 6.04. The summed E-state index contributed by atoms with van der Waals surface area (Å²) >= 11 is 6.31. The quantitative estimate of drug-likeness (QED) is 0.738. The Labute approximate surface area is 168 Å². The molecular formula is C20H22ClN3O4. The zero-order valence-corrected chi connectivity index (χ0v) is 16.3. The van der Waals surface area contributed by atoms with Crippen LogP contribution in [-0.2, 0) is 14.4 Å². The number of primary amides is 1. The molecule has 1 aliphatic heterocycles. The van der Waals surface area contributed by atoms with Crippen LogP contribution in [0.5, 0.6) is 5.75 Å². The van der Waals surface area contributed by atoms with E-state index in [1.54, 1.807) is 17.0 Å². The lowest BCUT2D eigenvalue weighted by molar-refractivity contribution is -0.121. The summed E-state index contributed by atoms with van der Waals surface area (Å²) in [5, 5.41) is 3.04. The number of nitrogens with one attached hydrogen (secondary N) is 1. The van der Waals surface area contributed by atoms with Gasteiger partial charge in [-0.2, -0.15) is 0 Å². The molecule has 3 rings (SSSR count). The average Bonchev–Trinajstić information content (AvgIpc) is 2.68. The molecule has 3 amide bonds. The van der Waals surface area contributed by atoms with E-state index >= 15 is 0 Å². The summed E-state index contributed by atoms with van der Waals surface area (Å²) in [6.45, 7) is 2.19. The van der Waals surface area contributed by atoms with Gasteiger partial charge in [0, 0.05) is 23.8 Å². The second-order valence-electron chi connectivity index (χ2n) is 6.64. The normalized spacial score (nSPS) is 16.8. The Balaban J connectivity index is 1.93. The van der Waals surface area contributed by atoms with Crippen LogP contribution < -0.4 is 20.7 Å². The molecule has 8 heteroatoms. The molecule has 0 fully saturated rings. The zero-order chi connectivity index (χ0) is 20.3. The summed E-state index contributed by atoms with van der Waals surface area (Å²) in [5.41, 5.74) is 7.05. The Morgan fingerprint density at radius 1 is 1.29 bits per heavy atom. The summed E-state index contributed by atoms with van der Waals surface area (Å²) in [6.07, 6.45) is 6.33. The molecule has 1 heterocycles. The molecule has 148 valence electrons. The van der Waals surface area contributed by atoms with Gasteiger partial charge in [0.25, 0.3) is 11.8 Å². The van der Waals surface area contributed by atoms with E-state index in [4.69, 9.17) is 22.1 Å². The second kappa shape index (κ2) is 8.48. The number of hydrogen-bond acceptors (Lipinski definition) is 4. The number of hydrogen-bond donors (Lipinski definition) is 2. The number of ether oxygens (including phenoxy) is 1. The summed E-state index contributed by atoms with van der Waals surface area (Å²) in [5.74, 6) is -0.686. The number of halogens is 1. The average molecular weight is 404 g/mol. The van der Waals surface area contributed by atoms with Crippen molar-refractivity contribution in [2.24, 2.45) is 5.73 Å². The molecule has 2 aliphatic rings. The molecule has 1 aliphatic carbocycles. The van der Waals surface area contributed by atoms with Crippen molar-refractivity contribution < 1.29 is 19.1 Å². The van der Waals surface area contributed by atoms with Crippen LogP contribution in [0, 0.1) is 0 Å². The fraction of sp³-hybridized carbons (Fsp3) is 0.350. The molecule has 3 N–H and O–H groups in total. The summed E-state index contributed by atoms with van der Waals surface area (Å²) in [4.78, 5) is 38.2. The minimum Gasteiger partial charge on any atom is -0.482 e. The number of nitrogens with zero attached hydrogens (tertiary/aromatic N) is 1. The van der Waals surface area contributed by atoms with Crippen LogP contribution in [0.1, 0.15) is 32.6 Å². The highest BCUT2D eigenvalue weighted by molar-refractivity contribution is 6.34. The largest absolute Gasteiger partial charge is 0.482 e. The molecule has 0 saturated heterocycles. The first-order valence-electron chi connectivity index (χ1n) is 9.13. The number of rotatable bonds is 5. The minimum atomic E-state index is -0.571. The van der Waals surface area contributed by atoms with Gasteiger partial charge in [-0.1, -0.05) is 23.8 Å². The van der Waals surface area contributed by atoms with Gasteiger partial charge in [-0.15, -0.1) is 0 Å². The van der Waals surface area contributed by atoms with Crippen LogP contribution >= 0.6 is 11.6 Å². The predicted octanol–water partition coefficient (Wildman–Crippen LogP) is 2.94. The van der Waals surface area contributed by atoms with Crippen LogP contribution in [0.2, 0.25) is 5.02 Å². The maximum absolute atomic E-state index is 12.8. The smallest absolute Gasteiger partial charge is 0.265 e. The highest BCUT2D eigenvalue weighted by Gasteiger charge is 2.27. The van der Waals surface area contributed by atoms with Crippen molar-refractivity contribution in [3.63, 3.8) is 0 Å². The van der Waals surface area contributed by atoms with Crippen molar-refractivity contribution in [3.8, 4) is 5.75 Å². The van der Waals surface area contributed by atoms with Gasteiger partial charge < -0.3 is 20.7 Å². The molecule has 0 radical (unpaired) electrons. The van der Waals surface area contributed by atoms with E-state index in [0.29, 0.717) is 47.7 Å². The number of benzene rings is 1. The van der Waals surface area contributed by atoms with Crippen molar-refractivity contribution in [1.82, 2.24) is 0 Å². The van der Waals surface area contributed by atoms with Gasteiger partial charge in [-0.25, -0.2) is 0 Å². The summed E-state index contributed by atoms with van der Waals surface area (Å²) in [6, 6.07) is 3.19. The standard InChI is InChI=1S/C20H22ClN3O4/c1-2-3-8-24-16-10-15(14(21)9-17(16)28-11-18(24)25)23-20(27)13-7-5-4-6-12(13)19(22)26/h2-3,9-10H,4-8,11H2,1H3,(H2,22,26)(H,23,27). The molecule has 0 aromatic heterocycles. The third-order valence-corrected chi connectivity index (χ3v) is 5.12. The lowest BCUT2D eigenvalue weighted by Crippen LogP contribution is -2.39. The third kappa shape index (κ3) is 4.04. The monoisotopic (exact) mass is 403 g/mol. The molecule has 28 heavy (non-hydrogen) atoms. The topological polar surface area (TPSA) is 102 Å². The van der Waals surface area contributed by atoms with Crippen molar-refractivity contribution in [3.05, 3.63) is 40.5 Å². The maximum Gasteiger partial charge on any atom is 0.265 e. The highest BCUT2D eigenvalue weighted by atomic mass is 35.5. The molecule has 1 aromatic rings. The lowest BCUT2D eigenvalue weighted by atomic mass is 9.90. The molecular weight excluding hydrogens is 382 g/mol. The number of nitrogens with two attached hydrogens (primary N) is 1. The van der Waals surface area contributed by atoms with Gasteiger partial charge >= 0.3 is 0 Å². The maximum atomic E-state index is 12.8. The van der Waals surface area contributed by atoms with E-state index in [1.165, 1.54) is 0 Å². The first-order valence-corrected chi connectivity index (χ1v) is 9.51. The Morgan fingerprint density at radius 3 is 2.68 bits per heavy atom. The number of fused-ring (bicyclic) bond motifs is 1. The predicted molar refractivity (Wildman–Crippen MR) is 107 cm³/mol. The highest BCUT2D eigenvalue weighted by Crippen LogP contribution is 2.39. The van der Waals surface area contributed by atoms with Crippen molar-refractivity contribution in [2.75, 3.05) is 23.4 Å². The first-order chi connectivity index (χ1) is 13.4. The van der Waals surface area contributed by atoms with Gasteiger partial charge in [0.2, 0.25) is 5.91 Å². The van der Waals surface area contributed by atoms with E-state index in [9.17, 15) is 14.4 Å². The molecule has 0 spiro atoms. The number of anilines is 2. The van der Waals surface area contributed by atoms with E-state index < -0.39 is 11.8 Å². The zero-order valence-electron chi connectivity index (χ0n) is 15.6. The van der Waals surface area contributed by atoms with E-state index in [0.717, 1.165) is 12.8 Å². The molecule has 0 unspecified atom stereocenters. The van der Waals surface area contributed by atoms with Gasteiger partial charge in [0.1, 0.15) is 5.75 Å². The van der Waals surface area contributed by atoms with E-state index in [-0.39, 0.29) is 17.5 Å². The van der Waals surface area contributed by atoms with Crippen molar-refractivity contribution in [2.45, 2.75) is 32.6 Å². The summed E-state index contributed by atoms with van der Waals surface area (Å²) < 4.78 is 5.47. The van der Waals surface area contributed by atoms with Gasteiger partial charge in [0.15, 0.2) is 6.61 Å². The Morgan fingerprint density at radius 2 is 2.00 bits per heavy atom. The van der Waals surface area contributed by atoms with E-state index in [2.05, 4.69) is 5.32 Å². The summed E-state index contributed by atoms with van der Waals surface area (Å²) in [7, 11) is 0. The first kappa shape index (κ1) is 19.9. The van der Waals surface area contributed by atoms with Gasteiger partial charge in [-0.3, -0.25) is 14.4 Å². The second-order valence-corrected chi connectivity index (χ2v) is 7.05. The molecule has 7 nitrogen and oxygen atoms in total. The molecule has 1 aromatic carbocycles. The van der Waals surface area contributed by atoms with Crippen molar-refractivity contribution >= 4 is 40.7 Å². The van der Waals surface area contributed by atoms with Crippen LogP contribution in [0.3, 0.4) is 0 Å². The van der Waals surface area contributed by atoms with Crippen LogP contribution in [0.4, 0.5) is 11.4 Å². The van der Waals surface area contributed by atoms with Crippen LogP contribution in [-0.4, -0.2) is 30.9 Å². The fourth-order valence-corrected chi connectivity index (χ4v) is 3.56. The number of carbonyl (C=O) groups excluding carboxylic acids is 3. The van der Waals surface area contributed by atoms with Crippen LogP contribution in [0.15, 0.2) is 35.4 Å². The molecule has 0 atom stereocenters. The fourth-order valence-electron chi connectivity index (χ4n) is 3.35. The number of carbonyl (C=O) groups is 3. The molecule has 0 saturated carbocycles. The SMILES string of the molecule is CC=CCN1C(=O)COc2cc(Cl)c(NC(=O)C3=C(C(N)=O)CCCC3)cc21. The molecule has 0 bridgehead atoms. The lowest BCUT2D eigenvalue weighted by Gasteiger charge is -2.29. The third-order valence-electron chi connectivity index (χ3n) is 4.80. The van der Waals surface area contributed by atoms with Gasteiger partial charge in [0.05, 0.1) is 16.4 Å². The minimum absolute atomic E-state index is 0.0680. The number of allylic oxidation sites excluding steroid dienone is 1. The Bertz CT molecular complexity index is 892. The van der Waals surface area contributed by atoms with Gasteiger partial charge in [-0.05, 0) is 38.7 Å².